The van der Waals surface area contributed by atoms with Crippen LogP contribution >= 0.6 is 0 Å². The molecule has 0 aliphatic heterocycles. The van der Waals surface area contributed by atoms with Gasteiger partial charge in [0.1, 0.15) is 22.9 Å². The Morgan fingerprint density at radius 3 is 2.19 bits per heavy atom. The van der Waals surface area contributed by atoms with Gasteiger partial charge >= 0.3 is 12.1 Å². The maximum Gasteiger partial charge on any atom is 0.408 e. The van der Waals surface area contributed by atoms with E-state index in [2.05, 4.69) is 10.6 Å². The summed E-state index contributed by atoms with van der Waals surface area (Å²) in [6.45, 7) is 12.3. The van der Waals surface area contributed by atoms with E-state index >= 15 is 0 Å². The molecule has 2 aromatic carbocycles. The van der Waals surface area contributed by atoms with Crippen molar-refractivity contribution in [3.05, 3.63) is 89.5 Å². The third-order valence-electron chi connectivity index (χ3n) is 7.26. The van der Waals surface area contributed by atoms with Crippen molar-refractivity contribution in [2.45, 2.75) is 97.4 Å². The zero-order valence-electron chi connectivity index (χ0n) is 29.6. The lowest BCUT2D eigenvalue weighted by atomic mass is 9.93. The van der Waals surface area contributed by atoms with Crippen molar-refractivity contribution < 1.29 is 38.1 Å². The molecule has 10 nitrogen and oxygen atoms in total. The van der Waals surface area contributed by atoms with Crippen molar-refractivity contribution in [2.75, 3.05) is 20.3 Å². The molecule has 262 valence electrons. The fourth-order valence-corrected chi connectivity index (χ4v) is 4.62. The van der Waals surface area contributed by atoms with Gasteiger partial charge in [-0.25, -0.2) is 4.79 Å². The molecule has 0 spiro atoms. The van der Waals surface area contributed by atoms with Crippen LogP contribution in [-0.2, 0) is 35.2 Å². The molecule has 2 aromatic rings. The van der Waals surface area contributed by atoms with E-state index in [1.807, 2.05) is 79.7 Å². The lowest BCUT2D eigenvalue weighted by Crippen LogP contribution is -2.59. The van der Waals surface area contributed by atoms with Crippen LogP contribution in [0.5, 0.6) is 5.75 Å². The number of benzene rings is 2. The second kappa shape index (κ2) is 19.4. The van der Waals surface area contributed by atoms with Crippen molar-refractivity contribution in [3.8, 4) is 5.75 Å². The van der Waals surface area contributed by atoms with Crippen LogP contribution in [0.15, 0.2) is 78.4 Å². The third kappa shape index (κ3) is 14.1. The van der Waals surface area contributed by atoms with Crippen LogP contribution in [0.2, 0.25) is 0 Å². The van der Waals surface area contributed by atoms with Gasteiger partial charge in [-0.1, -0.05) is 60.7 Å². The minimum absolute atomic E-state index is 0.0341. The number of methoxy groups -OCH3 is 1. The Bertz CT molecular complexity index is 1390. The first-order valence-corrected chi connectivity index (χ1v) is 16.3. The molecule has 2 amide bonds. The Morgan fingerprint density at radius 1 is 0.938 bits per heavy atom. The van der Waals surface area contributed by atoms with Gasteiger partial charge in [-0.3, -0.25) is 14.4 Å². The maximum atomic E-state index is 13.6. The standard InChI is InChI=1S/C38H52N2O8/c1-9-27(16-14-15-19-31(34(42)47-10-2)29-20-22-30(45-8)23-21-29)24-33(41)32(26-46-25-28-17-12-11-13-18-28)39-35(43)38(6,7)40-36(44)48-37(3,4)5/h9,11-14,16-18,20-23,31-32H,10,15,19,24-26H2,1-8H3,(H,39,43)(H,40,44)/b16-14-,27-9+/t31?,32-/m1/s1. The lowest BCUT2D eigenvalue weighted by Gasteiger charge is -2.29. The number of nitrogens with one attached hydrogen (secondary N) is 2. The number of hydrogen-bond donors (Lipinski definition) is 2. The number of allylic oxidation sites excluding steroid dienone is 4. The summed E-state index contributed by atoms with van der Waals surface area (Å²) >= 11 is 0. The van der Waals surface area contributed by atoms with E-state index in [0.29, 0.717) is 18.6 Å². The molecule has 0 radical (unpaired) electrons. The topological polar surface area (TPSA) is 129 Å². The SMILES string of the molecule is C/C=C(\C=C/CCC(C(=O)OCC)c1ccc(OC)cc1)CC(=O)[C@@H](COCc1ccccc1)NC(=O)C(C)(C)NC(=O)OC(C)(C)C. The minimum atomic E-state index is -1.37. The van der Waals surface area contributed by atoms with Crippen molar-refractivity contribution in [1.82, 2.24) is 10.6 Å². The summed E-state index contributed by atoms with van der Waals surface area (Å²) in [5, 5.41) is 5.36. The summed E-state index contributed by atoms with van der Waals surface area (Å²) in [7, 11) is 1.59. The summed E-state index contributed by atoms with van der Waals surface area (Å²) in [6, 6.07) is 15.9. The first-order valence-electron chi connectivity index (χ1n) is 16.3. The maximum absolute atomic E-state index is 13.6. The first kappa shape index (κ1) is 39.7. The zero-order valence-corrected chi connectivity index (χ0v) is 29.6. The van der Waals surface area contributed by atoms with Crippen LogP contribution in [0.4, 0.5) is 4.79 Å². The van der Waals surface area contributed by atoms with Gasteiger partial charge < -0.3 is 29.6 Å². The van der Waals surface area contributed by atoms with E-state index in [1.54, 1.807) is 34.8 Å². The summed E-state index contributed by atoms with van der Waals surface area (Å²) in [4.78, 5) is 52.1. The molecule has 0 saturated heterocycles. The highest BCUT2D eigenvalue weighted by Gasteiger charge is 2.34. The molecule has 48 heavy (non-hydrogen) atoms. The molecular formula is C38H52N2O8. The predicted octanol–water partition coefficient (Wildman–Crippen LogP) is 6.59. The normalized spacial score (nSPS) is 13.4. The number of esters is 1. The predicted molar refractivity (Wildman–Crippen MR) is 186 cm³/mol. The van der Waals surface area contributed by atoms with Crippen LogP contribution in [0, 0.1) is 0 Å². The molecule has 1 unspecified atom stereocenters. The highest BCUT2D eigenvalue weighted by Crippen LogP contribution is 2.26. The molecule has 0 aromatic heterocycles. The zero-order chi connectivity index (χ0) is 35.7. The highest BCUT2D eigenvalue weighted by atomic mass is 16.6. The molecule has 2 rings (SSSR count). The Balaban J connectivity index is 2.12. The molecular weight excluding hydrogens is 612 g/mol. The second-order valence-electron chi connectivity index (χ2n) is 12.8. The molecule has 0 aliphatic carbocycles. The second-order valence-corrected chi connectivity index (χ2v) is 12.8. The Labute approximate surface area is 285 Å². The number of carbonyl (C=O) groups excluding carboxylic acids is 4. The fourth-order valence-electron chi connectivity index (χ4n) is 4.62. The van der Waals surface area contributed by atoms with Gasteiger partial charge in [0.2, 0.25) is 5.91 Å². The van der Waals surface area contributed by atoms with Crippen LogP contribution in [0.3, 0.4) is 0 Å². The number of carbonyl (C=O) groups is 4. The first-order chi connectivity index (χ1) is 22.7. The number of alkyl carbamates (subject to hydrolysis) is 1. The molecule has 2 N–H and O–H groups in total. The fraction of sp³-hybridized carbons (Fsp3) is 0.474. The van der Waals surface area contributed by atoms with E-state index in [9.17, 15) is 19.2 Å². The van der Waals surface area contributed by atoms with Gasteiger partial charge in [-0.15, -0.1) is 0 Å². The van der Waals surface area contributed by atoms with Gasteiger partial charge in [-0.2, -0.15) is 0 Å². The number of hydrogen-bond acceptors (Lipinski definition) is 8. The molecule has 2 atom stereocenters. The Morgan fingerprint density at radius 2 is 1.60 bits per heavy atom. The number of amides is 2. The van der Waals surface area contributed by atoms with Crippen molar-refractivity contribution in [1.29, 1.82) is 0 Å². The number of ether oxygens (including phenoxy) is 4. The van der Waals surface area contributed by atoms with Crippen molar-refractivity contribution >= 4 is 23.8 Å². The monoisotopic (exact) mass is 664 g/mol. The summed E-state index contributed by atoms with van der Waals surface area (Å²) < 4.78 is 21.7. The molecule has 0 heterocycles. The highest BCUT2D eigenvalue weighted by molar-refractivity contribution is 5.95. The minimum Gasteiger partial charge on any atom is -0.497 e. The number of rotatable bonds is 18. The van der Waals surface area contributed by atoms with Crippen LogP contribution in [0.1, 0.15) is 84.8 Å². The van der Waals surface area contributed by atoms with Gasteiger partial charge in [0, 0.05) is 6.42 Å². The van der Waals surface area contributed by atoms with E-state index in [0.717, 1.165) is 16.7 Å². The third-order valence-corrected chi connectivity index (χ3v) is 7.26. The smallest absolute Gasteiger partial charge is 0.408 e. The molecule has 10 heteroatoms. The van der Waals surface area contributed by atoms with E-state index < -0.39 is 35.1 Å². The quantitative estimate of drug-likeness (QED) is 0.135. The Kier molecular flexibility index (Phi) is 16.1. The average Bonchev–Trinajstić information content (AvgIpc) is 3.03. The van der Waals surface area contributed by atoms with Gasteiger partial charge in [-0.05, 0) is 90.1 Å². The number of ketones is 1. The van der Waals surface area contributed by atoms with Crippen LogP contribution in [-0.4, -0.2) is 61.3 Å². The van der Waals surface area contributed by atoms with E-state index in [-0.39, 0.29) is 38.0 Å². The molecule has 0 bridgehead atoms. The van der Waals surface area contributed by atoms with Crippen LogP contribution in [0.25, 0.3) is 0 Å². The molecule has 0 fully saturated rings. The average molecular weight is 665 g/mol. The summed E-state index contributed by atoms with van der Waals surface area (Å²) in [6.07, 6.45) is 5.97. The summed E-state index contributed by atoms with van der Waals surface area (Å²) in [5.74, 6) is -0.863. The molecule has 0 saturated carbocycles. The Hall–Kier alpha value is -4.44. The van der Waals surface area contributed by atoms with E-state index in [4.69, 9.17) is 18.9 Å². The van der Waals surface area contributed by atoms with Crippen molar-refractivity contribution in [2.24, 2.45) is 0 Å². The molecule has 0 aliphatic rings. The largest absolute Gasteiger partial charge is 0.497 e. The summed E-state index contributed by atoms with van der Waals surface area (Å²) in [5.41, 5.74) is 0.387. The van der Waals surface area contributed by atoms with E-state index in [1.165, 1.54) is 13.8 Å². The lowest BCUT2D eigenvalue weighted by molar-refractivity contribution is -0.145. The van der Waals surface area contributed by atoms with Crippen LogP contribution < -0.4 is 15.4 Å². The van der Waals surface area contributed by atoms with Gasteiger partial charge in [0.15, 0.2) is 5.78 Å². The van der Waals surface area contributed by atoms with Crippen molar-refractivity contribution in [3.63, 3.8) is 0 Å². The van der Waals surface area contributed by atoms with Gasteiger partial charge in [0.25, 0.3) is 0 Å². The number of Topliss-reactive ketones (excluding diaryl/α,β-unsaturated/α-hetero) is 1. The van der Waals surface area contributed by atoms with Gasteiger partial charge in [0.05, 0.1) is 32.8 Å².